The average molecular weight is 335 g/mol. The molecular weight excluding hydrogens is 313 g/mol. The average Bonchev–Trinajstić information content (AvgIpc) is 2.18. The molecule has 0 fully saturated rings. The number of ketones is 2. The van der Waals surface area contributed by atoms with Crippen molar-refractivity contribution in [3.05, 3.63) is 0 Å². The predicted octanol–water partition coefficient (Wildman–Crippen LogP) is 1.38. The van der Waals surface area contributed by atoms with E-state index in [0.29, 0.717) is 6.42 Å². The molecule has 0 heterocycles. The molecule has 0 rings (SSSR count). The Morgan fingerprint density at radius 2 is 1.47 bits per heavy atom. The number of Topliss-reactive ketones (excluding diaryl/α,β-unsaturated/α-hetero) is 2. The van der Waals surface area contributed by atoms with Crippen LogP contribution in [0.4, 0.5) is 0 Å². The fraction of sp³-hybridized carbons (Fsp3) is 0.750. The van der Waals surface area contributed by atoms with Gasteiger partial charge in [0, 0.05) is 0 Å². The third-order valence-electron chi connectivity index (χ3n) is 1.92. The van der Waals surface area contributed by atoms with Crippen LogP contribution in [0, 0.1) is 0 Å². The fourth-order valence-corrected chi connectivity index (χ4v) is 1.09. The Hall–Kier alpha value is -0.368. The van der Waals surface area contributed by atoms with E-state index in [2.05, 4.69) is 18.7 Å². The van der Waals surface area contributed by atoms with Crippen molar-refractivity contribution in [2.75, 3.05) is 19.6 Å². The van der Waals surface area contributed by atoms with Crippen LogP contribution in [0.15, 0.2) is 0 Å². The Labute approximate surface area is 118 Å². The van der Waals surface area contributed by atoms with Crippen molar-refractivity contribution in [2.24, 2.45) is 0 Å². The molecule has 0 N–H and O–H groups in total. The third-order valence-corrected chi connectivity index (χ3v) is 1.92. The van der Waals surface area contributed by atoms with Gasteiger partial charge in [0.1, 0.15) is 11.6 Å². The minimum absolute atomic E-state index is 0. The summed E-state index contributed by atoms with van der Waals surface area (Å²) in [6.07, 6.45) is 2.50. The number of hydrogen-bond acceptors (Lipinski definition) is 4. The van der Waals surface area contributed by atoms with Crippen LogP contribution in [0.2, 0.25) is 0 Å². The maximum absolute atomic E-state index is 10.0. The van der Waals surface area contributed by atoms with E-state index < -0.39 is 0 Å². The van der Waals surface area contributed by atoms with Gasteiger partial charge in [-0.25, -0.2) is 0 Å². The summed E-state index contributed by atoms with van der Waals surface area (Å²) < 4.78 is 0. The molecule has 0 unspecified atom stereocenters. The topological polar surface area (TPSA) is 54.5 Å². The molecule has 4 nitrogen and oxygen atoms in total. The van der Waals surface area contributed by atoms with Gasteiger partial charge in [-0.15, -0.1) is 6.42 Å². The van der Waals surface area contributed by atoms with Gasteiger partial charge in [0.15, 0.2) is 0 Å². The van der Waals surface area contributed by atoms with E-state index in [9.17, 15) is 14.4 Å². The number of carbonyl (C=O) groups is 2. The van der Waals surface area contributed by atoms with Gasteiger partial charge in [0.2, 0.25) is 0 Å². The summed E-state index contributed by atoms with van der Waals surface area (Å²) in [5.41, 5.74) is 0. The Bertz CT molecular complexity index is 204. The van der Waals surface area contributed by atoms with Gasteiger partial charge in [-0.05, 0) is 33.5 Å². The van der Waals surface area contributed by atoms with Crippen molar-refractivity contribution in [1.29, 1.82) is 0 Å². The number of hydrogen-bond donors (Lipinski definition) is 0. The first-order chi connectivity index (χ1) is 7.47. The smallest absolute Gasteiger partial charge is 0.542 e. The molecule has 0 aromatic rings. The molecular formula is C12H22NO3Pd+. The van der Waals surface area contributed by atoms with E-state index in [1.807, 2.05) is 6.29 Å². The minimum Gasteiger partial charge on any atom is -0.542 e. The van der Waals surface area contributed by atoms with Gasteiger partial charge in [-0.2, -0.15) is 0 Å². The molecule has 0 atom stereocenters. The molecule has 0 radical (unpaired) electrons. The van der Waals surface area contributed by atoms with Crippen LogP contribution in [0.25, 0.3) is 0 Å². The summed E-state index contributed by atoms with van der Waals surface area (Å²) in [5, 5.41) is 0. The van der Waals surface area contributed by atoms with Gasteiger partial charge in [0.25, 0.3) is 0 Å². The molecule has 0 aliphatic heterocycles. The zero-order chi connectivity index (χ0) is 13.0. The molecule has 0 aromatic heterocycles. The zero-order valence-corrected chi connectivity index (χ0v) is 12.6. The van der Waals surface area contributed by atoms with Crippen molar-refractivity contribution in [3.8, 4) is 0 Å². The second kappa shape index (κ2) is 15.6. The van der Waals surface area contributed by atoms with E-state index >= 15 is 0 Å². The number of nitrogens with zero attached hydrogens (tertiary/aromatic N) is 1. The maximum Gasteiger partial charge on any atom is 2.00 e. The van der Waals surface area contributed by atoms with Crippen LogP contribution in [-0.4, -0.2) is 42.4 Å². The fourth-order valence-electron chi connectivity index (χ4n) is 1.09. The van der Waals surface area contributed by atoms with E-state index in [4.69, 9.17) is 0 Å². The van der Waals surface area contributed by atoms with Gasteiger partial charge in [-0.3, -0.25) is 15.9 Å². The third kappa shape index (κ3) is 21.5. The largest absolute Gasteiger partial charge is 2.00 e. The molecule has 0 aromatic carbocycles. The number of carbonyl (C=O) groups excluding carboxylic acids is 3. The summed E-state index contributed by atoms with van der Waals surface area (Å²) in [5.74, 6) is -0.125. The van der Waals surface area contributed by atoms with Crippen molar-refractivity contribution in [2.45, 2.75) is 40.5 Å². The van der Waals surface area contributed by atoms with E-state index in [0.717, 1.165) is 19.6 Å². The maximum atomic E-state index is 10.0. The quantitative estimate of drug-likeness (QED) is 0.401. The van der Waals surface area contributed by atoms with Crippen LogP contribution in [0.5, 0.6) is 0 Å². The monoisotopic (exact) mass is 334 g/mol. The first-order valence-electron chi connectivity index (χ1n) is 5.54. The van der Waals surface area contributed by atoms with Gasteiger partial charge < -0.3 is 9.69 Å². The first kappa shape index (κ1) is 21.9. The Morgan fingerprint density at radius 1 is 1.06 bits per heavy atom. The molecule has 0 aliphatic carbocycles. The predicted molar refractivity (Wildman–Crippen MR) is 64.1 cm³/mol. The molecule has 0 saturated carbocycles. The van der Waals surface area contributed by atoms with Crippen LogP contribution in [0.3, 0.4) is 0 Å². The van der Waals surface area contributed by atoms with Crippen LogP contribution >= 0.6 is 0 Å². The summed E-state index contributed by atoms with van der Waals surface area (Å²) in [7, 11) is 0. The molecule has 0 spiro atoms. The van der Waals surface area contributed by atoms with Crippen molar-refractivity contribution >= 4 is 17.9 Å². The molecule has 102 valence electrons. The Morgan fingerprint density at radius 3 is 1.65 bits per heavy atom. The normalized spacial score (nSPS) is 8.76. The standard InChI is InChI=1S/C7H14NO.C5H8O2.Pd/c1-3-8(4-2)6-5-7-9;1-4(6)3-5(2)7;/h3-6H2,1-2H3;3H2,1-2H3;/q-1;;+2. The van der Waals surface area contributed by atoms with Gasteiger partial charge >= 0.3 is 20.4 Å². The SMILES string of the molecule is CC(=O)CC(C)=O.CCN(CC)CC[C-]=O.[Pd+2]. The van der Waals surface area contributed by atoms with Crippen LogP contribution < -0.4 is 0 Å². The van der Waals surface area contributed by atoms with Gasteiger partial charge in [-0.1, -0.05) is 13.8 Å². The molecule has 0 amide bonds. The van der Waals surface area contributed by atoms with Crippen LogP contribution in [-0.2, 0) is 34.8 Å². The summed E-state index contributed by atoms with van der Waals surface area (Å²) in [4.78, 5) is 32.1. The second-order valence-corrected chi connectivity index (χ2v) is 3.50. The molecule has 0 aliphatic rings. The molecule has 0 saturated heterocycles. The van der Waals surface area contributed by atoms with Crippen molar-refractivity contribution < 1.29 is 34.8 Å². The van der Waals surface area contributed by atoms with Gasteiger partial charge in [0.05, 0.1) is 6.42 Å². The zero-order valence-electron chi connectivity index (χ0n) is 11.0. The van der Waals surface area contributed by atoms with Crippen molar-refractivity contribution in [3.63, 3.8) is 0 Å². The Kier molecular flexibility index (Phi) is 20.1. The van der Waals surface area contributed by atoms with Crippen LogP contribution in [0.1, 0.15) is 40.5 Å². The van der Waals surface area contributed by atoms with E-state index in [-0.39, 0.29) is 38.4 Å². The summed E-state index contributed by atoms with van der Waals surface area (Å²) in [6.45, 7) is 9.90. The molecule has 17 heavy (non-hydrogen) atoms. The number of rotatable bonds is 7. The summed E-state index contributed by atoms with van der Waals surface area (Å²) >= 11 is 0. The first-order valence-corrected chi connectivity index (χ1v) is 5.54. The molecule has 5 heteroatoms. The second-order valence-electron chi connectivity index (χ2n) is 3.50. The van der Waals surface area contributed by atoms with E-state index in [1.54, 1.807) is 0 Å². The Balaban J connectivity index is -0.000000224. The molecule has 0 bridgehead atoms. The van der Waals surface area contributed by atoms with E-state index in [1.165, 1.54) is 13.8 Å². The van der Waals surface area contributed by atoms with Crippen molar-refractivity contribution in [1.82, 2.24) is 4.90 Å². The summed E-state index contributed by atoms with van der Waals surface area (Å²) in [6, 6.07) is 0. The minimum atomic E-state index is -0.0625.